The number of aryl methyl sites for hydroxylation is 1. The van der Waals surface area contributed by atoms with Crippen molar-refractivity contribution in [2.75, 3.05) is 13.1 Å². The van der Waals surface area contributed by atoms with Crippen LogP contribution < -0.4 is 0 Å². The molecule has 0 unspecified atom stereocenters. The smallest absolute Gasteiger partial charge is 0.258 e. The fourth-order valence-electron chi connectivity index (χ4n) is 1.87. The van der Waals surface area contributed by atoms with Gasteiger partial charge in [-0.3, -0.25) is 10.1 Å². The number of hydrogen-bond donors (Lipinski definition) is 0. The molecular weight excluding hydrogens is 316 g/mol. The number of sulfonamides is 1. The number of benzene rings is 1. The van der Waals surface area contributed by atoms with Crippen molar-refractivity contribution >= 4 is 27.3 Å². The van der Waals surface area contributed by atoms with Crippen LogP contribution in [0.4, 0.5) is 5.69 Å². The second-order valence-electron chi connectivity index (χ2n) is 4.71. The lowest BCUT2D eigenvalue weighted by molar-refractivity contribution is -0.384. The zero-order valence-corrected chi connectivity index (χ0v) is 13.7. The van der Waals surface area contributed by atoms with Crippen molar-refractivity contribution in [2.24, 2.45) is 0 Å². The minimum absolute atomic E-state index is 0.0839. The zero-order valence-electron chi connectivity index (χ0n) is 12.1. The first-order valence-corrected chi connectivity index (χ1v) is 8.02. The third-order valence-electron chi connectivity index (χ3n) is 2.86. The van der Waals surface area contributed by atoms with Crippen molar-refractivity contribution in [2.45, 2.75) is 25.7 Å². The van der Waals surface area contributed by atoms with Crippen molar-refractivity contribution in [1.82, 2.24) is 4.31 Å². The van der Waals surface area contributed by atoms with E-state index in [9.17, 15) is 18.5 Å². The van der Waals surface area contributed by atoms with Crippen LogP contribution in [-0.2, 0) is 10.0 Å². The maximum absolute atomic E-state index is 12.6. The Morgan fingerprint density at radius 2 is 2.05 bits per heavy atom. The number of rotatable bonds is 6. The molecule has 0 aliphatic heterocycles. The van der Waals surface area contributed by atoms with E-state index in [1.54, 1.807) is 20.8 Å². The maximum atomic E-state index is 12.6. The van der Waals surface area contributed by atoms with Gasteiger partial charge in [0.15, 0.2) is 0 Å². The molecule has 0 bridgehead atoms. The van der Waals surface area contributed by atoms with E-state index >= 15 is 0 Å². The van der Waals surface area contributed by atoms with Gasteiger partial charge in [-0.05, 0) is 25.5 Å². The minimum atomic E-state index is -3.84. The lowest BCUT2D eigenvalue weighted by Gasteiger charge is -2.21. The van der Waals surface area contributed by atoms with Gasteiger partial charge in [-0.15, -0.1) is 0 Å². The first-order chi connectivity index (χ1) is 9.61. The van der Waals surface area contributed by atoms with E-state index in [0.29, 0.717) is 11.1 Å². The van der Waals surface area contributed by atoms with E-state index in [1.807, 2.05) is 0 Å². The summed E-state index contributed by atoms with van der Waals surface area (Å²) in [6.45, 7) is 9.06. The van der Waals surface area contributed by atoms with Crippen molar-refractivity contribution in [1.29, 1.82) is 0 Å². The second kappa shape index (κ2) is 6.55. The normalized spacial score (nSPS) is 11.7. The average molecular weight is 333 g/mol. The van der Waals surface area contributed by atoms with Crippen LogP contribution >= 0.6 is 11.6 Å². The average Bonchev–Trinajstić information content (AvgIpc) is 2.34. The van der Waals surface area contributed by atoms with Gasteiger partial charge in [0.2, 0.25) is 10.0 Å². The Balaban J connectivity index is 3.46. The van der Waals surface area contributed by atoms with Gasteiger partial charge >= 0.3 is 0 Å². The molecule has 1 aromatic carbocycles. The molecule has 0 aliphatic rings. The highest BCUT2D eigenvalue weighted by molar-refractivity contribution is 7.89. The van der Waals surface area contributed by atoms with E-state index < -0.39 is 20.6 Å². The van der Waals surface area contributed by atoms with E-state index in [4.69, 9.17) is 11.6 Å². The summed E-state index contributed by atoms with van der Waals surface area (Å²) in [5, 5.41) is 10.8. The summed E-state index contributed by atoms with van der Waals surface area (Å²) in [7, 11) is -3.84. The molecule has 1 rings (SSSR count). The topological polar surface area (TPSA) is 80.5 Å². The van der Waals surface area contributed by atoms with E-state index in [2.05, 4.69) is 6.58 Å². The molecule has 0 N–H and O–H groups in total. The third-order valence-corrected chi connectivity index (χ3v) is 5.22. The first kappa shape index (κ1) is 17.6. The van der Waals surface area contributed by atoms with Crippen molar-refractivity contribution in [3.8, 4) is 0 Å². The molecule has 8 heteroatoms. The summed E-state index contributed by atoms with van der Waals surface area (Å²) in [6.07, 6.45) is 0. The highest BCUT2D eigenvalue weighted by Crippen LogP contribution is 2.31. The van der Waals surface area contributed by atoms with Crippen LogP contribution in [0.2, 0.25) is 5.02 Å². The molecule has 0 saturated carbocycles. The van der Waals surface area contributed by atoms with Crippen LogP contribution in [0.1, 0.15) is 19.4 Å². The summed E-state index contributed by atoms with van der Waals surface area (Å²) in [5.74, 6) is 0. The number of nitro benzene ring substituents is 1. The molecule has 0 fully saturated rings. The van der Waals surface area contributed by atoms with Gasteiger partial charge in [0, 0.05) is 19.2 Å². The molecule has 0 aromatic heterocycles. The third kappa shape index (κ3) is 3.81. The van der Waals surface area contributed by atoms with Crippen LogP contribution in [0.25, 0.3) is 0 Å². The summed E-state index contributed by atoms with van der Waals surface area (Å²) in [6, 6.07) is 2.30. The molecular formula is C13H17ClN2O4S. The maximum Gasteiger partial charge on any atom is 0.289 e. The van der Waals surface area contributed by atoms with Gasteiger partial charge in [0.25, 0.3) is 5.69 Å². The van der Waals surface area contributed by atoms with Gasteiger partial charge in [-0.25, -0.2) is 8.42 Å². The van der Waals surface area contributed by atoms with Gasteiger partial charge in [-0.2, -0.15) is 4.31 Å². The molecule has 116 valence electrons. The fraction of sp³-hybridized carbons (Fsp3) is 0.385. The fourth-order valence-corrected chi connectivity index (χ4v) is 3.89. The highest BCUT2D eigenvalue weighted by Gasteiger charge is 2.28. The molecule has 6 nitrogen and oxygen atoms in total. The van der Waals surface area contributed by atoms with Crippen LogP contribution in [0.3, 0.4) is 0 Å². The number of nitro groups is 1. The molecule has 21 heavy (non-hydrogen) atoms. The quantitative estimate of drug-likeness (QED) is 0.455. The Morgan fingerprint density at radius 3 is 2.48 bits per heavy atom. The van der Waals surface area contributed by atoms with E-state index in [0.717, 1.165) is 6.07 Å². The molecule has 0 atom stereocenters. The van der Waals surface area contributed by atoms with Gasteiger partial charge in [0.05, 0.1) is 9.82 Å². The first-order valence-electron chi connectivity index (χ1n) is 6.20. The van der Waals surface area contributed by atoms with Gasteiger partial charge in [-0.1, -0.05) is 30.7 Å². The summed E-state index contributed by atoms with van der Waals surface area (Å²) >= 11 is 5.78. The Hall–Kier alpha value is -1.44. The highest BCUT2D eigenvalue weighted by atomic mass is 35.5. The van der Waals surface area contributed by atoms with Gasteiger partial charge < -0.3 is 0 Å². The monoisotopic (exact) mass is 332 g/mol. The zero-order chi connectivity index (χ0) is 16.4. The summed E-state index contributed by atoms with van der Waals surface area (Å²) in [4.78, 5) is 10.1. The summed E-state index contributed by atoms with van der Waals surface area (Å²) < 4.78 is 26.5. The number of hydrogen-bond acceptors (Lipinski definition) is 4. The molecule has 0 aliphatic carbocycles. The SMILES string of the molecule is C=C(C)CN(CC)S(=O)(=O)c1cc([N+](=O)[O-])c(Cl)cc1C. The lowest BCUT2D eigenvalue weighted by atomic mass is 10.2. The van der Waals surface area contributed by atoms with Crippen LogP contribution in [0.5, 0.6) is 0 Å². The van der Waals surface area contributed by atoms with Crippen molar-refractivity contribution in [3.05, 3.63) is 45.0 Å². The van der Waals surface area contributed by atoms with Crippen molar-refractivity contribution < 1.29 is 13.3 Å². The van der Waals surface area contributed by atoms with Crippen LogP contribution in [-0.4, -0.2) is 30.7 Å². The summed E-state index contributed by atoms with van der Waals surface area (Å²) in [5.41, 5.74) is 0.625. The number of likely N-dealkylation sites (N-methyl/N-ethyl adjacent to an activating group) is 1. The Bertz CT molecular complexity index is 686. The molecule has 0 amide bonds. The minimum Gasteiger partial charge on any atom is -0.258 e. The van der Waals surface area contributed by atoms with E-state index in [-0.39, 0.29) is 23.0 Å². The van der Waals surface area contributed by atoms with E-state index in [1.165, 1.54) is 10.4 Å². The lowest BCUT2D eigenvalue weighted by Crippen LogP contribution is -2.32. The van der Waals surface area contributed by atoms with Crippen molar-refractivity contribution in [3.63, 3.8) is 0 Å². The second-order valence-corrected chi connectivity index (χ2v) is 7.03. The molecule has 0 spiro atoms. The largest absolute Gasteiger partial charge is 0.289 e. The Kier molecular flexibility index (Phi) is 5.49. The van der Waals surface area contributed by atoms with Gasteiger partial charge in [0.1, 0.15) is 5.02 Å². The molecule has 0 heterocycles. The number of halogens is 1. The Morgan fingerprint density at radius 1 is 1.48 bits per heavy atom. The van der Waals surface area contributed by atoms with Crippen LogP contribution in [0, 0.1) is 17.0 Å². The standard InChI is InChI=1S/C13H17ClN2O4S/c1-5-15(8-9(2)3)21(19,20)13-7-12(16(17)18)11(14)6-10(13)4/h6-7H,2,5,8H2,1,3-4H3. The molecule has 0 saturated heterocycles. The predicted octanol–water partition coefficient (Wildman–Crippen LogP) is 3.14. The van der Waals surface area contributed by atoms with Crippen LogP contribution in [0.15, 0.2) is 29.2 Å². The molecule has 0 radical (unpaired) electrons. The predicted molar refractivity (Wildman–Crippen MR) is 82.1 cm³/mol. The Labute approximate surface area is 129 Å². The number of nitrogens with zero attached hydrogens (tertiary/aromatic N) is 2. The molecule has 1 aromatic rings.